The number of rotatable bonds is 6. The number of amides is 1. The molecule has 16 heavy (non-hydrogen) atoms. The number of aryl methyl sites for hydroxylation is 1. The highest BCUT2D eigenvalue weighted by Gasteiger charge is 2.09. The monoisotopic (exact) mass is 246 g/mol. The summed E-state index contributed by atoms with van der Waals surface area (Å²) in [6.07, 6.45) is 0.527. The van der Waals surface area contributed by atoms with Crippen molar-refractivity contribution in [3.63, 3.8) is 0 Å². The first kappa shape index (κ1) is 12.8. The second-order valence-electron chi connectivity index (χ2n) is 3.20. The number of hydrogen-bond donors (Lipinski definition) is 1. The first-order valence-electron chi connectivity index (χ1n) is 5.03. The quantitative estimate of drug-likeness (QED) is 0.750. The molecule has 1 amide bonds. The van der Waals surface area contributed by atoms with E-state index in [9.17, 15) is 4.79 Å². The Morgan fingerprint density at radius 2 is 2.31 bits per heavy atom. The van der Waals surface area contributed by atoms with Crippen LogP contribution in [0, 0.1) is 0 Å². The lowest BCUT2D eigenvalue weighted by molar-refractivity contribution is -0.127. The number of nitrogens with zero attached hydrogens (tertiary/aromatic N) is 3. The molecule has 6 nitrogen and oxygen atoms in total. The van der Waals surface area contributed by atoms with Crippen LogP contribution in [0.4, 0.5) is 6.01 Å². The molecular formula is C9H15ClN4O2. The van der Waals surface area contributed by atoms with E-state index in [2.05, 4.69) is 15.5 Å². The molecule has 0 fully saturated rings. The zero-order valence-corrected chi connectivity index (χ0v) is 10.1. The lowest BCUT2D eigenvalue weighted by atomic mass is 10.5. The Labute approximate surface area is 99.0 Å². The van der Waals surface area contributed by atoms with Crippen molar-refractivity contribution in [2.75, 3.05) is 31.3 Å². The number of carbonyl (C=O) groups is 1. The largest absolute Gasteiger partial charge is 0.408 e. The molecule has 1 heterocycles. The lowest BCUT2D eigenvalue weighted by Crippen LogP contribution is -2.31. The standard InChI is InChI=1S/C9H15ClN4O2/c1-3-14(2)8(15)6-11-9-13-12-7(16-9)4-5-10/h3-6H2,1-2H3,(H,11,13). The summed E-state index contributed by atoms with van der Waals surface area (Å²) in [5, 5.41) is 10.3. The van der Waals surface area contributed by atoms with Crippen molar-refractivity contribution in [3.8, 4) is 0 Å². The van der Waals surface area contributed by atoms with E-state index in [4.69, 9.17) is 16.0 Å². The fourth-order valence-corrected chi connectivity index (χ4v) is 1.13. The maximum atomic E-state index is 11.4. The summed E-state index contributed by atoms with van der Waals surface area (Å²) in [6, 6.07) is 0.248. The third-order valence-corrected chi connectivity index (χ3v) is 2.26. The molecule has 0 aromatic carbocycles. The Bertz CT molecular complexity index is 342. The van der Waals surface area contributed by atoms with Gasteiger partial charge in [-0.1, -0.05) is 5.10 Å². The molecule has 0 aliphatic rings. The number of anilines is 1. The van der Waals surface area contributed by atoms with Gasteiger partial charge in [0.25, 0.3) is 0 Å². The SMILES string of the molecule is CCN(C)C(=O)CNc1nnc(CCCl)o1. The summed E-state index contributed by atoms with van der Waals surface area (Å²) in [5.74, 6) is 0.868. The van der Waals surface area contributed by atoms with Crippen LogP contribution in [0.3, 0.4) is 0 Å². The van der Waals surface area contributed by atoms with E-state index in [0.717, 1.165) is 0 Å². The van der Waals surface area contributed by atoms with E-state index in [0.29, 0.717) is 24.7 Å². The highest BCUT2D eigenvalue weighted by molar-refractivity contribution is 6.17. The highest BCUT2D eigenvalue weighted by Crippen LogP contribution is 2.06. The zero-order chi connectivity index (χ0) is 12.0. The third-order valence-electron chi connectivity index (χ3n) is 2.07. The van der Waals surface area contributed by atoms with Gasteiger partial charge in [-0.05, 0) is 6.92 Å². The Kier molecular flexibility index (Phi) is 5.04. The molecular weight excluding hydrogens is 232 g/mol. The van der Waals surface area contributed by atoms with Crippen LogP contribution in [-0.2, 0) is 11.2 Å². The van der Waals surface area contributed by atoms with Crippen LogP contribution in [0.1, 0.15) is 12.8 Å². The van der Waals surface area contributed by atoms with Crippen LogP contribution in [0.25, 0.3) is 0 Å². The van der Waals surface area contributed by atoms with E-state index in [1.54, 1.807) is 11.9 Å². The molecule has 1 N–H and O–H groups in total. The molecule has 0 bridgehead atoms. The predicted molar refractivity (Wildman–Crippen MR) is 60.5 cm³/mol. The van der Waals surface area contributed by atoms with E-state index >= 15 is 0 Å². The van der Waals surface area contributed by atoms with Gasteiger partial charge in [0.05, 0.1) is 6.54 Å². The van der Waals surface area contributed by atoms with Gasteiger partial charge in [-0.2, -0.15) is 0 Å². The minimum atomic E-state index is -0.0282. The smallest absolute Gasteiger partial charge is 0.315 e. The van der Waals surface area contributed by atoms with Crippen molar-refractivity contribution in [2.24, 2.45) is 0 Å². The normalized spacial score (nSPS) is 10.2. The molecule has 0 aliphatic carbocycles. The van der Waals surface area contributed by atoms with E-state index < -0.39 is 0 Å². The molecule has 0 aliphatic heterocycles. The number of likely N-dealkylation sites (N-methyl/N-ethyl adjacent to an activating group) is 1. The highest BCUT2D eigenvalue weighted by atomic mass is 35.5. The van der Waals surface area contributed by atoms with Crippen LogP contribution in [0.2, 0.25) is 0 Å². The van der Waals surface area contributed by atoms with Gasteiger partial charge in [0.15, 0.2) is 0 Å². The summed E-state index contributed by atoms with van der Waals surface area (Å²) in [4.78, 5) is 13.0. The van der Waals surface area contributed by atoms with Crippen LogP contribution in [-0.4, -0.2) is 47.0 Å². The lowest BCUT2D eigenvalue weighted by Gasteiger charge is -2.13. The number of aromatic nitrogens is 2. The Hall–Kier alpha value is -1.30. The van der Waals surface area contributed by atoms with E-state index in [1.165, 1.54) is 0 Å². The topological polar surface area (TPSA) is 71.3 Å². The van der Waals surface area contributed by atoms with Crippen LogP contribution in [0.15, 0.2) is 4.42 Å². The summed E-state index contributed by atoms with van der Waals surface area (Å²) < 4.78 is 5.20. The maximum Gasteiger partial charge on any atom is 0.315 e. The van der Waals surface area contributed by atoms with Gasteiger partial charge in [0, 0.05) is 25.9 Å². The number of hydrogen-bond acceptors (Lipinski definition) is 5. The first-order valence-corrected chi connectivity index (χ1v) is 5.57. The fraction of sp³-hybridized carbons (Fsp3) is 0.667. The van der Waals surface area contributed by atoms with Crippen molar-refractivity contribution in [1.29, 1.82) is 0 Å². The summed E-state index contributed by atoms with van der Waals surface area (Å²) in [5.41, 5.74) is 0. The Morgan fingerprint density at radius 1 is 1.56 bits per heavy atom. The number of nitrogens with one attached hydrogen (secondary N) is 1. The minimum absolute atomic E-state index is 0.0282. The van der Waals surface area contributed by atoms with E-state index in [1.807, 2.05) is 6.92 Å². The summed E-state index contributed by atoms with van der Waals surface area (Å²) >= 11 is 5.52. The molecule has 1 aromatic rings. The van der Waals surface area contributed by atoms with Gasteiger partial charge in [-0.15, -0.1) is 16.7 Å². The fourth-order valence-electron chi connectivity index (χ4n) is 0.969. The molecule has 0 saturated carbocycles. The van der Waals surface area contributed by atoms with Gasteiger partial charge in [0.2, 0.25) is 11.8 Å². The third kappa shape index (κ3) is 3.69. The van der Waals surface area contributed by atoms with Crippen molar-refractivity contribution in [2.45, 2.75) is 13.3 Å². The van der Waals surface area contributed by atoms with Crippen molar-refractivity contribution in [1.82, 2.24) is 15.1 Å². The second kappa shape index (κ2) is 6.32. The summed E-state index contributed by atoms with van der Waals surface area (Å²) in [6.45, 7) is 2.72. The molecule has 1 rings (SSSR count). The number of carbonyl (C=O) groups excluding carboxylic acids is 1. The first-order chi connectivity index (χ1) is 7.67. The zero-order valence-electron chi connectivity index (χ0n) is 9.36. The van der Waals surface area contributed by atoms with Gasteiger partial charge < -0.3 is 14.6 Å². The molecule has 0 spiro atoms. The van der Waals surface area contributed by atoms with Crippen LogP contribution >= 0.6 is 11.6 Å². The molecule has 90 valence electrons. The molecule has 1 aromatic heterocycles. The molecule has 0 atom stereocenters. The van der Waals surface area contributed by atoms with Gasteiger partial charge in [0.1, 0.15) is 0 Å². The van der Waals surface area contributed by atoms with Gasteiger partial charge in [-0.3, -0.25) is 4.79 Å². The molecule has 7 heteroatoms. The average Bonchev–Trinajstić information content (AvgIpc) is 2.73. The second-order valence-corrected chi connectivity index (χ2v) is 3.58. The summed E-state index contributed by atoms with van der Waals surface area (Å²) in [7, 11) is 1.73. The van der Waals surface area contributed by atoms with Gasteiger partial charge in [-0.25, -0.2) is 0 Å². The van der Waals surface area contributed by atoms with E-state index in [-0.39, 0.29) is 18.5 Å². The number of halogens is 1. The van der Waals surface area contributed by atoms with Crippen molar-refractivity contribution < 1.29 is 9.21 Å². The van der Waals surface area contributed by atoms with Gasteiger partial charge >= 0.3 is 6.01 Å². The Balaban J connectivity index is 2.39. The average molecular weight is 247 g/mol. The van der Waals surface area contributed by atoms with Crippen molar-refractivity contribution in [3.05, 3.63) is 5.89 Å². The molecule has 0 saturated heterocycles. The molecule has 0 radical (unpaired) electrons. The molecule has 0 unspecified atom stereocenters. The maximum absolute atomic E-state index is 11.4. The van der Waals surface area contributed by atoms with Crippen LogP contribution < -0.4 is 5.32 Å². The minimum Gasteiger partial charge on any atom is -0.408 e. The number of alkyl halides is 1. The Morgan fingerprint density at radius 3 is 2.94 bits per heavy atom. The van der Waals surface area contributed by atoms with Crippen LogP contribution in [0.5, 0.6) is 0 Å². The predicted octanol–water partition coefficient (Wildman–Crippen LogP) is 0.741. The van der Waals surface area contributed by atoms with Crippen molar-refractivity contribution >= 4 is 23.5 Å².